The number of fused-ring (bicyclic) bond motifs is 4. The van der Waals surface area contributed by atoms with Crippen LogP contribution in [0.5, 0.6) is 11.5 Å². The molecule has 5 atom stereocenters. The normalized spacial score (nSPS) is 38.1. The SMILES string of the molecule is C[C@H]1CC[C@H]2C(C)(C)[C@H](O)CC[C@@]2(C)[C@@]12Cc1c(cc3c(c1O)CN(CCO)C3=O)O2. The summed E-state index contributed by atoms with van der Waals surface area (Å²) in [5, 5.41) is 31.2. The molecule has 2 saturated carbocycles. The first-order valence-electron chi connectivity index (χ1n) is 11.7. The average molecular weight is 430 g/mol. The Bertz CT molecular complexity index is 942. The van der Waals surface area contributed by atoms with Crippen molar-refractivity contribution < 1.29 is 24.9 Å². The summed E-state index contributed by atoms with van der Waals surface area (Å²) in [5.74, 6) is 1.29. The van der Waals surface area contributed by atoms with Crippen molar-refractivity contribution in [1.29, 1.82) is 0 Å². The van der Waals surface area contributed by atoms with Crippen LogP contribution in [0.4, 0.5) is 0 Å². The molecule has 0 bridgehead atoms. The number of amides is 1. The van der Waals surface area contributed by atoms with Crippen LogP contribution in [0.2, 0.25) is 0 Å². The largest absolute Gasteiger partial charge is 0.507 e. The van der Waals surface area contributed by atoms with Gasteiger partial charge in [-0.1, -0.05) is 27.7 Å². The van der Waals surface area contributed by atoms with E-state index < -0.39 is 5.60 Å². The van der Waals surface area contributed by atoms with Gasteiger partial charge in [-0.05, 0) is 49.0 Å². The van der Waals surface area contributed by atoms with Gasteiger partial charge in [-0.3, -0.25) is 4.79 Å². The minimum absolute atomic E-state index is 0.0985. The molecule has 1 amide bonds. The van der Waals surface area contributed by atoms with Crippen LogP contribution in [-0.2, 0) is 13.0 Å². The molecular weight excluding hydrogens is 394 g/mol. The first-order chi connectivity index (χ1) is 14.6. The van der Waals surface area contributed by atoms with E-state index in [4.69, 9.17) is 4.74 Å². The molecule has 0 aromatic heterocycles. The lowest BCUT2D eigenvalue weighted by Crippen LogP contribution is -2.66. The third-order valence-electron chi connectivity index (χ3n) is 9.55. The van der Waals surface area contributed by atoms with Crippen molar-refractivity contribution in [3.05, 3.63) is 22.8 Å². The first kappa shape index (κ1) is 21.1. The summed E-state index contributed by atoms with van der Waals surface area (Å²) in [4.78, 5) is 14.4. The zero-order chi connectivity index (χ0) is 22.3. The van der Waals surface area contributed by atoms with Crippen LogP contribution in [0, 0.1) is 22.7 Å². The van der Waals surface area contributed by atoms with Gasteiger partial charge in [0.05, 0.1) is 24.8 Å². The standard InChI is InChI=1S/C25H35NO5/c1-14-5-6-19-23(2,3)20(28)7-8-24(19,4)25(14)12-16-18(31-25)11-15-17(21(16)29)13-26(9-10-27)22(15)30/h11,14,19-20,27-29H,5-10,12-13H2,1-4H3/t14-,19-,20+,24+,25+/m0/s1. The van der Waals surface area contributed by atoms with Gasteiger partial charge in [0.25, 0.3) is 5.91 Å². The second kappa shape index (κ2) is 6.61. The minimum Gasteiger partial charge on any atom is -0.507 e. The number of phenols is 1. The lowest BCUT2D eigenvalue weighted by atomic mass is 9.43. The molecule has 0 unspecified atom stereocenters. The highest BCUT2D eigenvalue weighted by atomic mass is 16.5. The average Bonchev–Trinajstić information content (AvgIpc) is 3.25. The Balaban J connectivity index is 1.57. The Hall–Kier alpha value is -1.79. The zero-order valence-electron chi connectivity index (χ0n) is 19.1. The number of aliphatic hydroxyl groups excluding tert-OH is 2. The second-order valence-electron chi connectivity index (χ2n) is 11.2. The maximum atomic E-state index is 12.8. The van der Waals surface area contributed by atoms with Crippen molar-refractivity contribution in [2.24, 2.45) is 22.7 Å². The Kier molecular flexibility index (Phi) is 4.49. The number of aliphatic hydroxyl groups is 2. The predicted octanol–water partition coefficient (Wildman–Crippen LogP) is 3.25. The molecule has 0 saturated heterocycles. The number of carbonyl (C=O) groups excluding carboxylic acids is 1. The lowest BCUT2D eigenvalue weighted by Gasteiger charge is -2.64. The van der Waals surface area contributed by atoms with Crippen molar-refractivity contribution in [2.75, 3.05) is 13.2 Å². The number of carbonyl (C=O) groups is 1. The molecule has 4 aliphatic rings. The number of rotatable bonds is 2. The van der Waals surface area contributed by atoms with Gasteiger partial charge in [0.15, 0.2) is 0 Å². The molecule has 2 fully saturated rings. The summed E-state index contributed by atoms with van der Waals surface area (Å²) in [5.41, 5.74) is 1.19. The minimum atomic E-state index is -0.448. The Morgan fingerprint density at radius 2 is 1.94 bits per heavy atom. The molecule has 6 heteroatoms. The molecule has 1 aromatic carbocycles. The van der Waals surface area contributed by atoms with E-state index in [0.29, 0.717) is 41.7 Å². The molecule has 2 aliphatic heterocycles. The summed E-state index contributed by atoms with van der Waals surface area (Å²) in [6.07, 6.45) is 4.06. The highest BCUT2D eigenvalue weighted by Gasteiger charge is 2.67. The number of nitrogens with zero attached hydrogens (tertiary/aromatic N) is 1. The van der Waals surface area contributed by atoms with Crippen LogP contribution in [-0.4, -0.2) is 51.0 Å². The smallest absolute Gasteiger partial charge is 0.254 e. The quantitative estimate of drug-likeness (QED) is 0.671. The fraction of sp³-hybridized carbons (Fsp3) is 0.720. The third-order valence-corrected chi connectivity index (χ3v) is 9.55. The Morgan fingerprint density at radius 1 is 1.19 bits per heavy atom. The zero-order valence-corrected chi connectivity index (χ0v) is 19.1. The van der Waals surface area contributed by atoms with Crippen molar-refractivity contribution in [3.63, 3.8) is 0 Å². The van der Waals surface area contributed by atoms with Gasteiger partial charge in [0.1, 0.15) is 17.1 Å². The van der Waals surface area contributed by atoms with Crippen molar-refractivity contribution in [2.45, 2.75) is 78.0 Å². The van der Waals surface area contributed by atoms with Crippen LogP contribution in [0.25, 0.3) is 0 Å². The van der Waals surface area contributed by atoms with Crippen LogP contribution >= 0.6 is 0 Å². The van der Waals surface area contributed by atoms with Crippen molar-refractivity contribution >= 4 is 5.91 Å². The van der Waals surface area contributed by atoms with Crippen LogP contribution < -0.4 is 4.74 Å². The highest BCUT2D eigenvalue weighted by molar-refractivity contribution is 6.00. The van der Waals surface area contributed by atoms with E-state index in [-0.39, 0.29) is 41.7 Å². The van der Waals surface area contributed by atoms with E-state index in [9.17, 15) is 20.1 Å². The van der Waals surface area contributed by atoms with Gasteiger partial charge in [0.2, 0.25) is 0 Å². The number of aromatic hydroxyl groups is 1. The summed E-state index contributed by atoms with van der Waals surface area (Å²) < 4.78 is 6.84. The molecule has 0 radical (unpaired) electrons. The Labute approximate surface area is 184 Å². The van der Waals surface area contributed by atoms with E-state index in [1.54, 1.807) is 4.90 Å². The van der Waals surface area contributed by atoms with Gasteiger partial charge in [0, 0.05) is 29.5 Å². The van der Waals surface area contributed by atoms with E-state index in [1.165, 1.54) is 0 Å². The summed E-state index contributed by atoms with van der Waals surface area (Å²) in [7, 11) is 0. The maximum absolute atomic E-state index is 12.8. The topological polar surface area (TPSA) is 90.2 Å². The number of ether oxygens (including phenoxy) is 1. The molecule has 2 aliphatic carbocycles. The van der Waals surface area contributed by atoms with Gasteiger partial charge in [-0.2, -0.15) is 0 Å². The van der Waals surface area contributed by atoms with Gasteiger partial charge in [-0.25, -0.2) is 0 Å². The molecule has 6 nitrogen and oxygen atoms in total. The van der Waals surface area contributed by atoms with E-state index in [0.717, 1.165) is 31.2 Å². The monoisotopic (exact) mass is 429 g/mol. The van der Waals surface area contributed by atoms with Gasteiger partial charge < -0.3 is 25.0 Å². The number of hydrogen-bond acceptors (Lipinski definition) is 5. The van der Waals surface area contributed by atoms with E-state index in [1.807, 2.05) is 6.07 Å². The number of phenolic OH excluding ortho intramolecular Hbond substituents is 1. The highest BCUT2D eigenvalue weighted by Crippen LogP contribution is 2.66. The van der Waals surface area contributed by atoms with Gasteiger partial charge in [-0.15, -0.1) is 0 Å². The van der Waals surface area contributed by atoms with E-state index >= 15 is 0 Å². The third kappa shape index (κ3) is 2.55. The van der Waals surface area contributed by atoms with Crippen molar-refractivity contribution in [3.8, 4) is 11.5 Å². The molecule has 1 spiro atoms. The van der Waals surface area contributed by atoms with Crippen molar-refractivity contribution in [1.82, 2.24) is 4.90 Å². The summed E-state index contributed by atoms with van der Waals surface area (Å²) >= 11 is 0. The fourth-order valence-corrected chi connectivity index (χ4v) is 7.61. The predicted molar refractivity (Wildman–Crippen MR) is 116 cm³/mol. The number of β-amino-alcohol motifs (C(OH)–C–C–N with tert-alkyl or cyclic N) is 1. The van der Waals surface area contributed by atoms with Crippen LogP contribution in [0.15, 0.2) is 6.07 Å². The maximum Gasteiger partial charge on any atom is 0.254 e. The Morgan fingerprint density at radius 3 is 2.65 bits per heavy atom. The molecular formula is C25H35NO5. The molecule has 1 aromatic rings. The van der Waals surface area contributed by atoms with E-state index in [2.05, 4.69) is 27.7 Å². The molecule has 170 valence electrons. The fourth-order valence-electron chi connectivity index (χ4n) is 7.61. The number of hydrogen-bond donors (Lipinski definition) is 3. The summed E-state index contributed by atoms with van der Waals surface area (Å²) in [6, 6.07) is 1.82. The van der Waals surface area contributed by atoms with Gasteiger partial charge >= 0.3 is 0 Å². The molecule has 3 N–H and O–H groups in total. The van der Waals surface area contributed by atoms with Crippen LogP contribution in [0.3, 0.4) is 0 Å². The molecule has 5 rings (SSSR count). The summed E-state index contributed by atoms with van der Waals surface area (Å²) in [6.45, 7) is 9.44. The van der Waals surface area contributed by atoms with Crippen LogP contribution in [0.1, 0.15) is 74.9 Å². The lowest BCUT2D eigenvalue weighted by molar-refractivity contribution is -0.210. The molecule has 2 heterocycles. The molecule has 31 heavy (non-hydrogen) atoms. The number of benzene rings is 1. The first-order valence-corrected chi connectivity index (χ1v) is 11.7. The second-order valence-corrected chi connectivity index (χ2v) is 11.2.